The highest BCUT2D eigenvalue weighted by Gasteiger charge is 2.25. The third-order valence-corrected chi connectivity index (χ3v) is 4.41. The van der Waals surface area contributed by atoms with E-state index in [2.05, 4.69) is 24.1 Å². The quantitative estimate of drug-likeness (QED) is 0.842. The Morgan fingerprint density at radius 1 is 1.33 bits per heavy atom. The van der Waals surface area contributed by atoms with Gasteiger partial charge in [-0.25, -0.2) is 4.39 Å². The number of rotatable bonds is 6. The van der Waals surface area contributed by atoms with Crippen LogP contribution in [-0.4, -0.2) is 22.2 Å². The van der Waals surface area contributed by atoms with Crippen molar-refractivity contribution in [2.75, 3.05) is 6.54 Å². The second-order valence-corrected chi connectivity index (χ2v) is 6.93. The zero-order valence-electron chi connectivity index (χ0n) is 13.1. The lowest BCUT2D eigenvalue weighted by molar-refractivity contribution is 0.150. The van der Waals surface area contributed by atoms with Gasteiger partial charge >= 0.3 is 0 Å². The van der Waals surface area contributed by atoms with Gasteiger partial charge in [-0.2, -0.15) is 0 Å². The van der Waals surface area contributed by atoms with Crippen LogP contribution in [0.15, 0.2) is 18.5 Å². The molecule has 0 aliphatic heterocycles. The Kier molecular flexibility index (Phi) is 5.71. The Balaban J connectivity index is 1.82. The average molecular weight is 294 g/mol. The fraction of sp³-hybridized carbons (Fsp3) is 0.706. The van der Waals surface area contributed by atoms with Gasteiger partial charge in [0.25, 0.3) is 0 Å². The molecule has 0 saturated heterocycles. The van der Waals surface area contributed by atoms with Crippen molar-refractivity contribution < 1.29 is 9.50 Å². The summed E-state index contributed by atoms with van der Waals surface area (Å²) in [6.45, 7) is 4.78. The summed E-state index contributed by atoms with van der Waals surface area (Å²) in [6.07, 6.45) is 9.77. The molecule has 0 amide bonds. The van der Waals surface area contributed by atoms with E-state index in [9.17, 15) is 9.50 Å². The van der Waals surface area contributed by atoms with E-state index < -0.39 is 11.9 Å². The molecule has 0 bridgehead atoms. The predicted octanol–water partition coefficient (Wildman–Crippen LogP) is 3.59. The van der Waals surface area contributed by atoms with Gasteiger partial charge in [0.15, 0.2) is 0 Å². The number of nitrogens with zero attached hydrogens (tertiary/aromatic N) is 1. The van der Waals surface area contributed by atoms with E-state index in [0.29, 0.717) is 12.1 Å². The van der Waals surface area contributed by atoms with Crippen LogP contribution in [0.2, 0.25) is 0 Å². The molecule has 1 aliphatic carbocycles. The maximum absolute atomic E-state index is 13.1. The fourth-order valence-corrected chi connectivity index (χ4v) is 3.29. The second-order valence-electron chi connectivity index (χ2n) is 6.93. The third-order valence-electron chi connectivity index (χ3n) is 4.41. The molecule has 1 atom stereocenters. The molecule has 1 fully saturated rings. The van der Waals surface area contributed by atoms with Crippen LogP contribution in [0.25, 0.3) is 0 Å². The number of aliphatic hydroxyl groups excluding tert-OH is 1. The van der Waals surface area contributed by atoms with Gasteiger partial charge in [0.1, 0.15) is 5.82 Å². The summed E-state index contributed by atoms with van der Waals surface area (Å²) in [6, 6.07) is 1.34. The molecular formula is C17H27FN2O. The summed E-state index contributed by atoms with van der Waals surface area (Å²) in [5.41, 5.74) is 0.514. The number of nitrogens with one attached hydrogen (secondary N) is 1. The molecule has 2 N–H and O–H groups in total. The zero-order chi connectivity index (χ0) is 15.3. The number of aromatic nitrogens is 1. The first-order valence-electron chi connectivity index (χ1n) is 8.00. The molecule has 1 aliphatic rings. The summed E-state index contributed by atoms with van der Waals surface area (Å²) >= 11 is 0. The van der Waals surface area contributed by atoms with Crippen LogP contribution in [0.3, 0.4) is 0 Å². The van der Waals surface area contributed by atoms with E-state index in [1.807, 2.05) is 0 Å². The summed E-state index contributed by atoms with van der Waals surface area (Å²) in [5, 5.41) is 13.6. The van der Waals surface area contributed by atoms with E-state index in [1.54, 1.807) is 0 Å². The summed E-state index contributed by atoms with van der Waals surface area (Å²) in [7, 11) is 0. The van der Waals surface area contributed by atoms with Gasteiger partial charge < -0.3 is 10.4 Å². The molecule has 1 aromatic rings. The minimum Gasteiger partial charge on any atom is -0.387 e. The van der Waals surface area contributed by atoms with E-state index in [1.165, 1.54) is 44.4 Å². The highest BCUT2D eigenvalue weighted by Crippen LogP contribution is 2.30. The predicted molar refractivity (Wildman–Crippen MR) is 82.4 cm³/mol. The molecule has 2 rings (SSSR count). The lowest BCUT2D eigenvalue weighted by Gasteiger charge is -2.33. The van der Waals surface area contributed by atoms with Crippen LogP contribution >= 0.6 is 0 Å². The van der Waals surface area contributed by atoms with Crippen molar-refractivity contribution in [3.05, 3.63) is 29.8 Å². The van der Waals surface area contributed by atoms with Gasteiger partial charge in [0, 0.05) is 23.8 Å². The number of hydrogen-bond acceptors (Lipinski definition) is 3. The smallest absolute Gasteiger partial charge is 0.141 e. The van der Waals surface area contributed by atoms with E-state index in [4.69, 9.17) is 0 Å². The van der Waals surface area contributed by atoms with Gasteiger partial charge in [0.2, 0.25) is 0 Å². The Hall–Kier alpha value is -1.00. The monoisotopic (exact) mass is 294 g/mol. The normalized spacial score (nSPS) is 18.7. The van der Waals surface area contributed by atoms with Crippen LogP contribution in [0.5, 0.6) is 0 Å². The molecule has 1 aromatic heterocycles. The maximum Gasteiger partial charge on any atom is 0.141 e. The molecule has 1 saturated carbocycles. The van der Waals surface area contributed by atoms with Crippen molar-refractivity contribution in [2.24, 2.45) is 5.92 Å². The molecule has 0 spiro atoms. The Bertz CT molecular complexity index is 444. The lowest BCUT2D eigenvalue weighted by atomic mass is 9.81. The summed E-state index contributed by atoms with van der Waals surface area (Å²) < 4.78 is 13.1. The van der Waals surface area contributed by atoms with Gasteiger partial charge in [-0.1, -0.05) is 32.1 Å². The molecule has 0 aromatic carbocycles. The number of aliphatic hydroxyl groups is 1. The van der Waals surface area contributed by atoms with Crippen LogP contribution in [0.4, 0.5) is 4.39 Å². The van der Waals surface area contributed by atoms with Crippen molar-refractivity contribution in [1.82, 2.24) is 10.3 Å². The van der Waals surface area contributed by atoms with Crippen molar-refractivity contribution in [3.63, 3.8) is 0 Å². The van der Waals surface area contributed by atoms with Crippen molar-refractivity contribution in [3.8, 4) is 0 Å². The van der Waals surface area contributed by atoms with Gasteiger partial charge in [-0.05, 0) is 32.3 Å². The van der Waals surface area contributed by atoms with Crippen LogP contribution in [0.1, 0.15) is 64.0 Å². The number of halogens is 1. The van der Waals surface area contributed by atoms with Crippen LogP contribution in [0, 0.1) is 11.7 Å². The number of pyridine rings is 1. The van der Waals surface area contributed by atoms with Crippen molar-refractivity contribution in [2.45, 2.75) is 64.0 Å². The van der Waals surface area contributed by atoms with Gasteiger partial charge in [-0.15, -0.1) is 0 Å². The Labute approximate surface area is 127 Å². The largest absolute Gasteiger partial charge is 0.387 e. The van der Waals surface area contributed by atoms with Crippen molar-refractivity contribution >= 4 is 0 Å². The zero-order valence-corrected chi connectivity index (χ0v) is 13.1. The van der Waals surface area contributed by atoms with E-state index in [0.717, 1.165) is 18.5 Å². The van der Waals surface area contributed by atoms with E-state index in [-0.39, 0.29) is 5.54 Å². The first kappa shape index (κ1) is 16.4. The van der Waals surface area contributed by atoms with E-state index >= 15 is 0 Å². The topological polar surface area (TPSA) is 45.1 Å². The molecule has 3 nitrogen and oxygen atoms in total. The fourth-order valence-electron chi connectivity index (χ4n) is 3.29. The maximum atomic E-state index is 13.1. The third kappa shape index (κ3) is 5.36. The average Bonchev–Trinajstić information content (AvgIpc) is 2.45. The molecule has 1 heterocycles. The standard InChI is InChI=1S/C17H27FN2O/c1-17(2,9-13-6-4-3-5-7-13)20-12-16(21)14-8-15(18)11-19-10-14/h8,10-11,13,16,20-21H,3-7,9,12H2,1-2H3/t16-/m0/s1. The lowest BCUT2D eigenvalue weighted by Crippen LogP contribution is -2.43. The van der Waals surface area contributed by atoms with Crippen molar-refractivity contribution in [1.29, 1.82) is 0 Å². The molecule has 4 heteroatoms. The summed E-state index contributed by atoms with van der Waals surface area (Å²) in [5.74, 6) is 0.377. The highest BCUT2D eigenvalue weighted by atomic mass is 19.1. The van der Waals surface area contributed by atoms with Gasteiger partial charge in [-0.3, -0.25) is 4.98 Å². The highest BCUT2D eigenvalue weighted by molar-refractivity contribution is 5.13. The minimum absolute atomic E-state index is 0.0102. The molecule has 0 radical (unpaired) electrons. The Morgan fingerprint density at radius 2 is 2.05 bits per heavy atom. The van der Waals surface area contributed by atoms with Crippen LogP contribution < -0.4 is 5.32 Å². The van der Waals surface area contributed by atoms with Crippen LogP contribution in [-0.2, 0) is 0 Å². The number of hydrogen-bond donors (Lipinski definition) is 2. The Morgan fingerprint density at radius 3 is 2.71 bits per heavy atom. The SMILES string of the molecule is CC(C)(CC1CCCCC1)NC[C@H](O)c1cncc(F)c1. The second kappa shape index (κ2) is 7.32. The van der Waals surface area contributed by atoms with Gasteiger partial charge in [0.05, 0.1) is 12.3 Å². The molecule has 0 unspecified atom stereocenters. The molecule has 118 valence electrons. The number of β-amino-alcohol motifs (C(OH)–C–C–N with tert-alkyl or cyclic N) is 1. The summed E-state index contributed by atoms with van der Waals surface area (Å²) in [4.78, 5) is 3.78. The minimum atomic E-state index is -0.723. The first-order chi connectivity index (χ1) is 9.96. The first-order valence-corrected chi connectivity index (χ1v) is 8.00. The molecular weight excluding hydrogens is 267 g/mol. The molecule has 21 heavy (non-hydrogen) atoms.